The molecule has 1 fully saturated rings. The standard InChI is InChI=1S/C15H24N2O/c1-11-12(2)15(18-3)7-6-14(11)17-10-8-13-5-4-9-16-13/h6-7,13,16-17H,4-5,8-10H2,1-3H3. The summed E-state index contributed by atoms with van der Waals surface area (Å²) in [5, 5.41) is 7.06. The monoisotopic (exact) mass is 248 g/mol. The highest BCUT2D eigenvalue weighted by molar-refractivity contribution is 5.58. The van der Waals surface area contributed by atoms with E-state index in [4.69, 9.17) is 4.74 Å². The van der Waals surface area contributed by atoms with E-state index in [0.717, 1.165) is 12.3 Å². The third-order valence-corrected chi connectivity index (χ3v) is 3.93. The zero-order valence-corrected chi connectivity index (χ0v) is 11.7. The van der Waals surface area contributed by atoms with Crippen molar-refractivity contribution in [3.8, 4) is 5.75 Å². The van der Waals surface area contributed by atoms with Crippen LogP contribution in [0.2, 0.25) is 0 Å². The lowest BCUT2D eigenvalue weighted by Gasteiger charge is -2.16. The fraction of sp³-hybridized carbons (Fsp3) is 0.600. The van der Waals surface area contributed by atoms with Crippen LogP contribution in [0.15, 0.2) is 12.1 Å². The average Bonchev–Trinajstić information content (AvgIpc) is 2.88. The minimum Gasteiger partial charge on any atom is -0.496 e. The minimum atomic E-state index is 0.706. The highest BCUT2D eigenvalue weighted by Crippen LogP contribution is 2.27. The van der Waals surface area contributed by atoms with Crippen molar-refractivity contribution in [2.75, 3.05) is 25.5 Å². The van der Waals surface area contributed by atoms with Gasteiger partial charge in [-0.2, -0.15) is 0 Å². The largest absolute Gasteiger partial charge is 0.496 e. The first-order chi connectivity index (χ1) is 8.72. The van der Waals surface area contributed by atoms with Crippen molar-refractivity contribution in [1.82, 2.24) is 5.32 Å². The van der Waals surface area contributed by atoms with Gasteiger partial charge in [0, 0.05) is 18.3 Å². The van der Waals surface area contributed by atoms with E-state index in [0.29, 0.717) is 6.04 Å². The number of methoxy groups -OCH3 is 1. The summed E-state index contributed by atoms with van der Waals surface area (Å²) in [6.45, 7) is 6.47. The molecule has 0 amide bonds. The van der Waals surface area contributed by atoms with Crippen LogP contribution in [-0.4, -0.2) is 26.2 Å². The molecule has 1 atom stereocenters. The normalized spacial score (nSPS) is 18.9. The van der Waals surface area contributed by atoms with Gasteiger partial charge in [-0.15, -0.1) is 0 Å². The molecule has 1 aliphatic rings. The summed E-state index contributed by atoms with van der Waals surface area (Å²) in [4.78, 5) is 0. The van der Waals surface area contributed by atoms with Crippen LogP contribution in [0.5, 0.6) is 5.75 Å². The summed E-state index contributed by atoms with van der Waals surface area (Å²) in [7, 11) is 1.72. The van der Waals surface area contributed by atoms with Gasteiger partial charge >= 0.3 is 0 Å². The van der Waals surface area contributed by atoms with Crippen molar-refractivity contribution in [1.29, 1.82) is 0 Å². The van der Waals surface area contributed by atoms with Gasteiger partial charge in [-0.05, 0) is 62.9 Å². The summed E-state index contributed by atoms with van der Waals surface area (Å²) < 4.78 is 5.33. The van der Waals surface area contributed by atoms with Crippen LogP contribution in [0.4, 0.5) is 5.69 Å². The van der Waals surface area contributed by atoms with E-state index in [-0.39, 0.29) is 0 Å². The topological polar surface area (TPSA) is 33.3 Å². The predicted octanol–water partition coefficient (Wildman–Crippen LogP) is 2.87. The molecule has 0 bridgehead atoms. The van der Waals surface area contributed by atoms with Gasteiger partial charge in [0.05, 0.1) is 7.11 Å². The number of hydrogen-bond donors (Lipinski definition) is 2. The second kappa shape index (κ2) is 6.10. The van der Waals surface area contributed by atoms with Crippen LogP contribution in [0.25, 0.3) is 0 Å². The first kappa shape index (κ1) is 13.2. The molecule has 3 heteroatoms. The van der Waals surface area contributed by atoms with Crippen LogP contribution < -0.4 is 15.4 Å². The number of rotatable bonds is 5. The molecule has 0 aromatic heterocycles. The number of benzene rings is 1. The molecule has 1 aromatic rings. The van der Waals surface area contributed by atoms with Crippen LogP contribution in [-0.2, 0) is 0 Å². The molecule has 1 unspecified atom stereocenters. The van der Waals surface area contributed by atoms with Crippen LogP contribution >= 0.6 is 0 Å². The summed E-state index contributed by atoms with van der Waals surface area (Å²) in [6.07, 6.45) is 3.85. The van der Waals surface area contributed by atoms with Gasteiger partial charge in [-0.1, -0.05) is 0 Å². The molecule has 2 N–H and O–H groups in total. The molecule has 1 heterocycles. The van der Waals surface area contributed by atoms with Crippen LogP contribution in [0.1, 0.15) is 30.4 Å². The zero-order valence-electron chi connectivity index (χ0n) is 11.7. The Morgan fingerprint density at radius 3 is 2.83 bits per heavy atom. The van der Waals surface area contributed by atoms with E-state index in [1.807, 2.05) is 6.07 Å². The van der Waals surface area contributed by atoms with Crippen molar-refractivity contribution < 1.29 is 4.74 Å². The lowest BCUT2D eigenvalue weighted by atomic mass is 10.1. The van der Waals surface area contributed by atoms with Gasteiger partial charge in [0.25, 0.3) is 0 Å². The van der Waals surface area contributed by atoms with E-state index >= 15 is 0 Å². The molecular weight excluding hydrogens is 224 g/mol. The number of ether oxygens (including phenoxy) is 1. The predicted molar refractivity (Wildman–Crippen MR) is 76.6 cm³/mol. The smallest absolute Gasteiger partial charge is 0.122 e. The Morgan fingerprint density at radius 2 is 2.17 bits per heavy atom. The summed E-state index contributed by atoms with van der Waals surface area (Å²) in [5.74, 6) is 0.968. The maximum absolute atomic E-state index is 5.33. The fourth-order valence-corrected chi connectivity index (χ4v) is 2.59. The SMILES string of the molecule is COc1ccc(NCCC2CCCN2)c(C)c1C. The molecule has 18 heavy (non-hydrogen) atoms. The van der Waals surface area contributed by atoms with Gasteiger partial charge in [0.2, 0.25) is 0 Å². The van der Waals surface area contributed by atoms with Gasteiger partial charge in [-0.3, -0.25) is 0 Å². The molecule has 0 spiro atoms. The van der Waals surface area contributed by atoms with Crippen LogP contribution in [0, 0.1) is 13.8 Å². The van der Waals surface area contributed by atoms with Crippen molar-refractivity contribution >= 4 is 5.69 Å². The molecule has 1 aromatic carbocycles. The second-order valence-corrected chi connectivity index (χ2v) is 5.07. The van der Waals surface area contributed by atoms with Gasteiger partial charge in [0.1, 0.15) is 5.75 Å². The van der Waals surface area contributed by atoms with Crippen molar-refractivity contribution in [2.24, 2.45) is 0 Å². The van der Waals surface area contributed by atoms with E-state index in [1.54, 1.807) is 7.11 Å². The van der Waals surface area contributed by atoms with E-state index in [1.165, 1.54) is 42.6 Å². The first-order valence-electron chi connectivity index (χ1n) is 6.84. The number of anilines is 1. The first-order valence-corrected chi connectivity index (χ1v) is 6.84. The minimum absolute atomic E-state index is 0.706. The van der Waals surface area contributed by atoms with E-state index in [9.17, 15) is 0 Å². The molecule has 1 saturated heterocycles. The summed E-state index contributed by atoms with van der Waals surface area (Å²) in [5.41, 5.74) is 3.74. The Bertz CT molecular complexity index is 398. The second-order valence-electron chi connectivity index (χ2n) is 5.07. The average molecular weight is 248 g/mol. The van der Waals surface area contributed by atoms with E-state index < -0.39 is 0 Å². The molecule has 1 aliphatic heterocycles. The highest BCUT2D eigenvalue weighted by Gasteiger charge is 2.13. The lowest BCUT2D eigenvalue weighted by molar-refractivity contribution is 0.411. The zero-order chi connectivity index (χ0) is 13.0. The Balaban J connectivity index is 1.90. The molecular formula is C15H24N2O. The highest BCUT2D eigenvalue weighted by atomic mass is 16.5. The number of hydrogen-bond acceptors (Lipinski definition) is 3. The summed E-state index contributed by atoms with van der Waals surface area (Å²) >= 11 is 0. The molecule has 3 nitrogen and oxygen atoms in total. The Hall–Kier alpha value is -1.22. The Morgan fingerprint density at radius 1 is 1.33 bits per heavy atom. The molecule has 0 saturated carbocycles. The third-order valence-electron chi connectivity index (χ3n) is 3.93. The van der Waals surface area contributed by atoms with Gasteiger partial charge in [-0.25, -0.2) is 0 Å². The maximum atomic E-state index is 5.33. The van der Waals surface area contributed by atoms with Crippen molar-refractivity contribution in [2.45, 2.75) is 39.2 Å². The Kier molecular flexibility index (Phi) is 4.48. The molecule has 0 aliphatic carbocycles. The fourth-order valence-electron chi connectivity index (χ4n) is 2.59. The Labute approximate surface area is 110 Å². The van der Waals surface area contributed by atoms with Gasteiger partial charge in [0.15, 0.2) is 0 Å². The van der Waals surface area contributed by atoms with Crippen molar-refractivity contribution in [3.05, 3.63) is 23.3 Å². The molecule has 0 radical (unpaired) electrons. The van der Waals surface area contributed by atoms with Crippen LogP contribution in [0.3, 0.4) is 0 Å². The van der Waals surface area contributed by atoms with Crippen molar-refractivity contribution in [3.63, 3.8) is 0 Å². The number of nitrogens with one attached hydrogen (secondary N) is 2. The molecule has 2 rings (SSSR count). The third kappa shape index (κ3) is 2.96. The van der Waals surface area contributed by atoms with Gasteiger partial charge < -0.3 is 15.4 Å². The van der Waals surface area contributed by atoms with E-state index in [2.05, 4.69) is 30.5 Å². The molecule has 100 valence electrons. The summed E-state index contributed by atoms with van der Waals surface area (Å²) in [6, 6.07) is 4.86. The lowest BCUT2D eigenvalue weighted by Crippen LogP contribution is -2.24. The maximum Gasteiger partial charge on any atom is 0.122 e. The quantitative estimate of drug-likeness (QED) is 0.840.